The van der Waals surface area contributed by atoms with E-state index in [1.807, 2.05) is 43.3 Å². The lowest BCUT2D eigenvalue weighted by Crippen LogP contribution is -2.30. The maximum atomic E-state index is 11.4. The van der Waals surface area contributed by atoms with Crippen LogP contribution in [0.4, 0.5) is 0 Å². The van der Waals surface area contributed by atoms with Crippen LogP contribution in [-0.2, 0) is 11.3 Å². The third-order valence-electron chi connectivity index (χ3n) is 2.92. The third-order valence-corrected chi connectivity index (χ3v) is 2.92. The summed E-state index contributed by atoms with van der Waals surface area (Å²) in [4.78, 5) is 15.6. The smallest absolute Gasteiger partial charge is 0.283 e. The average molecular weight is 271 g/mol. The van der Waals surface area contributed by atoms with Gasteiger partial charge in [0.15, 0.2) is 0 Å². The number of aromatic nitrogens is 1. The molecule has 104 valence electrons. The van der Waals surface area contributed by atoms with Gasteiger partial charge in [0, 0.05) is 0 Å². The minimum Gasteiger partial charge on any atom is -0.368 e. The number of ether oxygens (including phenoxy) is 1. The van der Waals surface area contributed by atoms with Gasteiger partial charge in [-0.25, -0.2) is 10.8 Å². The maximum absolute atomic E-state index is 11.4. The Hall–Kier alpha value is -2.24. The van der Waals surface area contributed by atoms with Crippen LogP contribution in [0, 0.1) is 0 Å². The lowest BCUT2D eigenvalue weighted by molar-refractivity contribution is 0.0504. The van der Waals surface area contributed by atoms with Gasteiger partial charge in [-0.2, -0.15) is 0 Å². The number of nitrogens with one attached hydrogen (secondary N) is 1. The highest BCUT2D eigenvalue weighted by molar-refractivity contribution is 5.91. The summed E-state index contributed by atoms with van der Waals surface area (Å²) in [6.45, 7) is 2.31. The van der Waals surface area contributed by atoms with Crippen LogP contribution in [0.25, 0.3) is 0 Å². The molecule has 5 heteroatoms. The van der Waals surface area contributed by atoms with Crippen LogP contribution in [0.3, 0.4) is 0 Å². The predicted molar refractivity (Wildman–Crippen MR) is 75.5 cm³/mol. The molecular weight excluding hydrogens is 254 g/mol. The summed E-state index contributed by atoms with van der Waals surface area (Å²) < 4.78 is 5.76. The number of hydrogen-bond donors (Lipinski definition) is 2. The topological polar surface area (TPSA) is 77.2 Å². The molecule has 3 N–H and O–H groups in total. The second kappa shape index (κ2) is 6.79. The Kier molecular flexibility index (Phi) is 4.81. The summed E-state index contributed by atoms with van der Waals surface area (Å²) in [5, 5.41) is 0. The Morgan fingerprint density at radius 3 is 2.70 bits per heavy atom. The van der Waals surface area contributed by atoms with Crippen molar-refractivity contribution in [3.8, 4) is 0 Å². The molecule has 0 fully saturated rings. The van der Waals surface area contributed by atoms with E-state index in [-0.39, 0.29) is 11.8 Å². The van der Waals surface area contributed by atoms with E-state index >= 15 is 0 Å². The van der Waals surface area contributed by atoms with Gasteiger partial charge in [-0.3, -0.25) is 10.2 Å². The van der Waals surface area contributed by atoms with Crippen molar-refractivity contribution in [2.24, 2.45) is 5.84 Å². The minimum absolute atomic E-state index is 0.0370. The first-order valence-corrected chi connectivity index (χ1v) is 6.34. The predicted octanol–water partition coefficient (Wildman–Crippen LogP) is 1.96. The molecule has 0 saturated carbocycles. The molecule has 2 aromatic rings. The fourth-order valence-electron chi connectivity index (χ4n) is 1.79. The molecule has 0 aliphatic rings. The molecule has 1 unspecified atom stereocenters. The zero-order chi connectivity index (χ0) is 14.4. The second-order valence-corrected chi connectivity index (χ2v) is 4.35. The van der Waals surface area contributed by atoms with E-state index in [4.69, 9.17) is 10.6 Å². The quantitative estimate of drug-likeness (QED) is 0.495. The van der Waals surface area contributed by atoms with Crippen molar-refractivity contribution < 1.29 is 9.53 Å². The molecule has 0 spiro atoms. The molecule has 2 rings (SSSR count). The molecule has 0 aliphatic heterocycles. The van der Waals surface area contributed by atoms with Crippen LogP contribution in [0.5, 0.6) is 0 Å². The van der Waals surface area contributed by atoms with Crippen molar-refractivity contribution >= 4 is 5.91 Å². The fraction of sp³-hybridized carbons (Fsp3) is 0.200. The summed E-state index contributed by atoms with van der Waals surface area (Å²) in [6.07, 6.45) is -0.0370. The zero-order valence-corrected chi connectivity index (χ0v) is 11.2. The van der Waals surface area contributed by atoms with E-state index in [0.717, 1.165) is 5.56 Å². The van der Waals surface area contributed by atoms with Gasteiger partial charge in [-0.1, -0.05) is 36.4 Å². The number of rotatable bonds is 5. The zero-order valence-electron chi connectivity index (χ0n) is 11.2. The first-order valence-electron chi connectivity index (χ1n) is 6.34. The summed E-state index contributed by atoms with van der Waals surface area (Å²) in [5.41, 5.74) is 4.12. The van der Waals surface area contributed by atoms with Crippen LogP contribution in [-0.4, -0.2) is 10.9 Å². The van der Waals surface area contributed by atoms with Crippen molar-refractivity contribution in [1.29, 1.82) is 0 Å². The van der Waals surface area contributed by atoms with E-state index in [9.17, 15) is 4.79 Å². The lowest BCUT2D eigenvalue weighted by atomic mass is 10.1. The Morgan fingerprint density at radius 2 is 2.00 bits per heavy atom. The van der Waals surface area contributed by atoms with Gasteiger partial charge in [-0.15, -0.1) is 0 Å². The van der Waals surface area contributed by atoms with Gasteiger partial charge >= 0.3 is 0 Å². The van der Waals surface area contributed by atoms with Crippen LogP contribution < -0.4 is 11.3 Å². The molecule has 1 aromatic heterocycles. The number of amides is 1. The summed E-state index contributed by atoms with van der Waals surface area (Å²) >= 11 is 0. The van der Waals surface area contributed by atoms with Crippen molar-refractivity contribution in [2.45, 2.75) is 19.6 Å². The van der Waals surface area contributed by atoms with Gasteiger partial charge in [0.25, 0.3) is 5.91 Å². The molecule has 0 bridgehead atoms. The molecule has 1 amide bonds. The van der Waals surface area contributed by atoms with Gasteiger partial charge in [-0.05, 0) is 24.6 Å². The van der Waals surface area contributed by atoms with Gasteiger partial charge in [0.05, 0.1) is 18.4 Å². The molecule has 20 heavy (non-hydrogen) atoms. The maximum Gasteiger partial charge on any atom is 0.283 e. The highest BCUT2D eigenvalue weighted by Gasteiger charge is 2.08. The Morgan fingerprint density at radius 1 is 1.25 bits per heavy atom. The van der Waals surface area contributed by atoms with Gasteiger partial charge < -0.3 is 4.74 Å². The van der Waals surface area contributed by atoms with Crippen molar-refractivity contribution in [3.63, 3.8) is 0 Å². The minimum atomic E-state index is -0.414. The Labute approximate surface area is 117 Å². The summed E-state index contributed by atoms with van der Waals surface area (Å²) in [7, 11) is 0. The second-order valence-electron chi connectivity index (χ2n) is 4.35. The van der Waals surface area contributed by atoms with E-state index < -0.39 is 5.91 Å². The number of pyridine rings is 1. The standard InChI is InChI=1S/C15H17N3O2/c1-11(12-6-3-2-4-7-12)20-10-13-8-5-9-14(17-13)15(19)18-16/h2-9,11H,10,16H2,1H3,(H,18,19). The van der Waals surface area contributed by atoms with E-state index in [2.05, 4.69) is 10.4 Å². The summed E-state index contributed by atoms with van der Waals surface area (Å²) in [5.74, 6) is 4.67. The highest BCUT2D eigenvalue weighted by atomic mass is 16.5. The first-order chi connectivity index (χ1) is 9.70. The van der Waals surface area contributed by atoms with Crippen LogP contribution in [0.2, 0.25) is 0 Å². The SMILES string of the molecule is CC(OCc1cccc(C(=O)NN)n1)c1ccccc1. The van der Waals surface area contributed by atoms with E-state index in [0.29, 0.717) is 12.3 Å². The van der Waals surface area contributed by atoms with Crippen molar-refractivity contribution in [2.75, 3.05) is 0 Å². The number of benzene rings is 1. The fourth-order valence-corrected chi connectivity index (χ4v) is 1.79. The van der Waals surface area contributed by atoms with Crippen LogP contribution in [0.15, 0.2) is 48.5 Å². The number of nitrogens with two attached hydrogens (primary N) is 1. The average Bonchev–Trinajstić information content (AvgIpc) is 2.53. The van der Waals surface area contributed by atoms with Crippen molar-refractivity contribution in [1.82, 2.24) is 10.4 Å². The van der Waals surface area contributed by atoms with Gasteiger partial charge in [0.2, 0.25) is 0 Å². The normalized spacial score (nSPS) is 11.9. The molecular formula is C15H17N3O2. The van der Waals surface area contributed by atoms with E-state index in [1.54, 1.807) is 12.1 Å². The Balaban J connectivity index is 1.99. The molecule has 0 saturated heterocycles. The molecule has 1 atom stereocenters. The lowest BCUT2D eigenvalue weighted by Gasteiger charge is -2.13. The molecule has 1 heterocycles. The van der Waals surface area contributed by atoms with E-state index in [1.165, 1.54) is 0 Å². The number of carbonyl (C=O) groups excluding carboxylic acids is 1. The van der Waals surface area contributed by atoms with Crippen LogP contribution in [0.1, 0.15) is 34.8 Å². The number of hydrogen-bond acceptors (Lipinski definition) is 4. The van der Waals surface area contributed by atoms with Crippen LogP contribution >= 0.6 is 0 Å². The highest BCUT2D eigenvalue weighted by Crippen LogP contribution is 2.17. The monoisotopic (exact) mass is 271 g/mol. The molecule has 5 nitrogen and oxygen atoms in total. The number of carbonyl (C=O) groups is 1. The summed E-state index contributed by atoms with van der Waals surface area (Å²) in [6, 6.07) is 15.1. The third kappa shape index (κ3) is 3.63. The number of nitrogen functional groups attached to an aromatic ring is 1. The molecule has 1 aromatic carbocycles. The largest absolute Gasteiger partial charge is 0.368 e. The molecule has 0 radical (unpaired) electrons. The Bertz CT molecular complexity index is 572. The van der Waals surface area contributed by atoms with Crippen molar-refractivity contribution in [3.05, 3.63) is 65.5 Å². The first kappa shape index (κ1) is 14.2. The molecule has 0 aliphatic carbocycles. The van der Waals surface area contributed by atoms with Gasteiger partial charge in [0.1, 0.15) is 5.69 Å². The number of hydrazine groups is 1. The number of nitrogens with zero attached hydrogens (tertiary/aromatic N) is 1.